The predicted octanol–water partition coefficient (Wildman–Crippen LogP) is 2.77. The van der Waals surface area contributed by atoms with Gasteiger partial charge in [0.25, 0.3) is 10.0 Å². The number of nitrogens with one attached hydrogen (secondary N) is 1. The van der Waals surface area contributed by atoms with Gasteiger partial charge in [-0.2, -0.15) is 13.5 Å². The number of thiophene rings is 1. The Bertz CT molecular complexity index is 719. The van der Waals surface area contributed by atoms with E-state index in [0.717, 1.165) is 9.75 Å². The molecular weight excluding hydrogens is 308 g/mol. The summed E-state index contributed by atoms with van der Waals surface area (Å²) in [7, 11) is -3.65. The van der Waals surface area contributed by atoms with Gasteiger partial charge in [0.15, 0.2) is 0 Å². The van der Waals surface area contributed by atoms with Crippen molar-refractivity contribution in [1.29, 1.82) is 0 Å². The van der Waals surface area contributed by atoms with Crippen LogP contribution < -0.4 is 9.57 Å². The summed E-state index contributed by atoms with van der Waals surface area (Å²) < 4.78 is 29.3. The average Bonchev–Trinajstić information content (AvgIpc) is 2.85. The lowest BCUT2D eigenvalue weighted by atomic mass is 10.3. The fraction of sp³-hybridized carbons (Fsp3) is 0.214. The molecule has 5 nitrogen and oxygen atoms in total. The van der Waals surface area contributed by atoms with Gasteiger partial charge in [0.2, 0.25) is 0 Å². The van der Waals surface area contributed by atoms with Crippen molar-refractivity contribution in [3.8, 4) is 5.75 Å². The monoisotopic (exact) mass is 324 g/mol. The lowest BCUT2D eigenvalue weighted by Crippen LogP contribution is -2.18. The van der Waals surface area contributed by atoms with Gasteiger partial charge in [0, 0.05) is 9.75 Å². The average molecular weight is 324 g/mol. The smallest absolute Gasteiger partial charge is 0.276 e. The highest BCUT2D eigenvalue weighted by Crippen LogP contribution is 2.16. The van der Waals surface area contributed by atoms with Crippen LogP contribution in [0.2, 0.25) is 0 Å². The van der Waals surface area contributed by atoms with E-state index in [0.29, 0.717) is 12.4 Å². The van der Waals surface area contributed by atoms with Crippen LogP contribution in [-0.2, 0) is 10.0 Å². The van der Waals surface area contributed by atoms with Crippen molar-refractivity contribution in [3.63, 3.8) is 0 Å². The van der Waals surface area contributed by atoms with E-state index in [2.05, 4.69) is 9.93 Å². The van der Waals surface area contributed by atoms with Crippen LogP contribution in [0.15, 0.2) is 46.4 Å². The third-order valence-corrected chi connectivity index (χ3v) is 4.74. The number of rotatable bonds is 6. The molecule has 2 aromatic rings. The molecule has 0 saturated heterocycles. The van der Waals surface area contributed by atoms with E-state index in [1.165, 1.54) is 18.3 Å². The van der Waals surface area contributed by atoms with Gasteiger partial charge in [-0.05, 0) is 50.2 Å². The normalized spacial score (nSPS) is 11.7. The molecule has 0 radical (unpaired) electrons. The SMILES string of the molecule is CCOc1ccc(S(=O)(=O)N/N=C\c2ccc(C)s2)cc1. The molecule has 0 amide bonds. The molecule has 0 aliphatic heterocycles. The van der Waals surface area contributed by atoms with Crippen LogP contribution in [-0.4, -0.2) is 21.2 Å². The highest BCUT2D eigenvalue weighted by molar-refractivity contribution is 7.89. The standard InChI is InChI=1S/C14H16N2O3S2/c1-3-19-12-5-8-14(9-6-12)21(17,18)16-15-10-13-7-4-11(2)20-13/h4-10,16H,3H2,1-2H3/b15-10-. The predicted molar refractivity (Wildman–Crippen MR) is 84.6 cm³/mol. The molecular formula is C14H16N2O3S2. The maximum Gasteiger partial charge on any atom is 0.276 e. The Kier molecular flexibility index (Phi) is 4.98. The maximum atomic E-state index is 12.0. The summed E-state index contributed by atoms with van der Waals surface area (Å²) in [6, 6.07) is 10.0. The molecule has 21 heavy (non-hydrogen) atoms. The van der Waals surface area contributed by atoms with Crippen LogP contribution >= 0.6 is 11.3 Å². The Labute approximate surface area is 128 Å². The molecule has 1 heterocycles. The van der Waals surface area contributed by atoms with E-state index in [-0.39, 0.29) is 4.90 Å². The van der Waals surface area contributed by atoms with Gasteiger partial charge in [-0.3, -0.25) is 0 Å². The summed E-state index contributed by atoms with van der Waals surface area (Å²) in [5, 5.41) is 3.78. The van der Waals surface area contributed by atoms with Gasteiger partial charge in [-0.15, -0.1) is 11.3 Å². The second-order valence-corrected chi connectivity index (χ2v) is 7.19. The molecule has 0 spiro atoms. The van der Waals surface area contributed by atoms with Crippen LogP contribution in [0.3, 0.4) is 0 Å². The minimum Gasteiger partial charge on any atom is -0.494 e. The van der Waals surface area contributed by atoms with Gasteiger partial charge in [-0.25, -0.2) is 4.83 Å². The second-order valence-electron chi connectivity index (χ2n) is 4.21. The quantitative estimate of drug-likeness (QED) is 0.656. The highest BCUT2D eigenvalue weighted by Gasteiger charge is 2.12. The number of benzene rings is 1. The largest absolute Gasteiger partial charge is 0.494 e. The zero-order chi connectivity index (χ0) is 15.3. The van der Waals surface area contributed by atoms with Gasteiger partial charge >= 0.3 is 0 Å². The Balaban J connectivity index is 2.05. The number of nitrogens with zero attached hydrogens (tertiary/aromatic N) is 1. The molecule has 0 bridgehead atoms. The first-order valence-electron chi connectivity index (χ1n) is 6.35. The molecule has 0 aliphatic carbocycles. The summed E-state index contributed by atoms with van der Waals surface area (Å²) in [6.07, 6.45) is 1.49. The van der Waals surface area contributed by atoms with Crippen molar-refractivity contribution in [2.24, 2.45) is 5.10 Å². The summed E-state index contributed by atoms with van der Waals surface area (Å²) >= 11 is 1.54. The fourth-order valence-electron chi connectivity index (χ4n) is 1.62. The number of ether oxygens (including phenoxy) is 1. The van der Waals surface area contributed by atoms with E-state index in [9.17, 15) is 8.42 Å². The van der Waals surface area contributed by atoms with E-state index >= 15 is 0 Å². The Morgan fingerprint density at radius 1 is 1.24 bits per heavy atom. The van der Waals surface area contributed by atoms with E-state index in [4.69, 9.17) is 4.74 Å². The molecule has 0 fully saturated rings. The lowest BCUT2D eigenvalue weighted by molar-refractivity contribution is 0.340. The maximum absolute atomic E-state index is 12.0. The van der Waals surface area contributed by atoms with Crippen LogP contribution in [0, 0.1) is 6.92 Å². The molecule has 0 atom stereocenters. The second kappa shape index (κ2) is 6.73. The molecule has 1 aromatic carbocycles. The van der Waals surface area contributed by atoms with Crippen molar-refractivity contribution in [2.75, 3.05) is 6.61 Å². The molecule has 0 aliphatic rings. The Hall–Kier alpha value is -1.86. The molecule has 0 saturated carbocycles. The topological polar surface area (TPSA) is 67.8 Å². The Morgan fingerprint density at radius 3 is 2.52 bits per heavy atom. The van der Waals surface area contributed by atoms with Crippen LogP contribution in [0.25, 0.3) is 0 Å². The van der Waals surface area contributed by atoms with Gasteiger partial charge in [0.1, 0.15) is 5.75 Å². The number of aryl methyl sites for hydroxylation is 1. The van der Waals surface area contributed by atoms with Crippen molar-refractivity contribution >= 4 is 27.6 Å². The zero-order valence-electron chi connectivity index (χ0n) is 11.7. The number of hydrogen-bond donors (Lipinski definition) is 1. The molecule has 0 unspecified atom stereocenters. The van der Waals surface area contributed by atoms with E-state index in [1.54, 1.807) is 23.5 Å². The highest BCUT2D eigenvalue weighted by atomic mass is 32.2. The van der Waals surface area contributed by atoms with Gasteiger partial charge < -0.3 is 4.74 Å². The lowest BCUT2D eigenvalue weighted by Gasteiger charge is -2.05. The van der Waals surface area contributed by atoms with Crippen LogP contribution in [0.1, 0.15) is 16.7 Å². The molecule has 2 rings (SSSR count). The molecule has 112 valence electrons. The first kappa shape index (κ1) is 15.5. The summed E-state index contributed by atoms with van der Waals surface area (Å²) in [4.78, 5) is 4.37. The van der Waals surface area contributed by atoms with E-state index in [1.807, 2.05) is 26.0 Å². The number of hydrazone groups is 1. The van der Waals surface area contributed by atoms with Crippen molar-refractivity contribution < 1.29 is 13.2 Å². The summed E-state index contributed by atoms with van der Waals surface area (Å²) in [5.41, 5.74) is 0. The molecule has 7 heteroatoms. The number of sulfonamides is 1. The molecule has 1 aromatic heterocycles. The van der Waals surface area contributed by atoms with Crippen molar-refractivity contribution in [3.05, 3.63) is 46.2 Å². The first-order valence-corrected chi connectivity index (χ1v) is 8.65. The van der Waals surface area contributed by atoms with Crippen LogP contribution in [0.5, 0.6) is 5.75 Å². The Morgan fingerprint density at radius 2 is 1.95 bits per heavy atom. The minimum absolute atomic E-state index is 0.144. The summed E-state index contributed by atoms with van der Waals surface area (Å²) in [6.45, 7) is 4.38. The molecule has 1 N–H and O–H groups in total. The minimum atomic E-state index is -3.65. The zero-order valence-corrected chi connectivity index (χ0v) is 13.4. The van der Waals surface area contributed by atoms with Gasteiger partial charge in [0.05, 0.1) is 17.7 Å². The van der Waals surface area contributed by atoms with Crippen molar-refractivity contribution in [2.45, 2.75) is 18.7 Å². The fourth-order valence-corrected chi connectivity index (χ4v) is 3.16. The van der Waals surface area contributed by atoms with Gasteiger partial charge in [-0.1, -0.05) is 0 Å². The van der Waals surface area contributed by atoms with Crippen LogP contribution in [0.4, 0.5) is 0 Å². The third kappa shape index (κ3) is 4.30. The van der Waals surface area contributed by atoms with E-state index < -0.39 is 10.0 Å². The summed E-state index contributed by atoms with van der Waals surface area (Å²) in [5.74, 6) is 0.633. The first-order chi connectivity index (χ1) is 10.0. The van der Waals surface area contributed by atoms with Crippen molar-refractivity contribution in [1.82, 2.24) is 4.83 Å². The third-order valence-electron chi connectivity index (χ3n) is 2.57. The number of hydrogen-bond acceptors (Lipinski definition) is 5.